The Hall–Kier alpha value is -1.71. The third-order valence-electron chi connectivity index (χ3n) is 3.08. The Kier molecular flexibility index (Phi) is 3.09. The lowest BCUT2D eigenvalue weighted by molar-refractivity contribution is 0.179. The van der Waals surface area contributed by atoms with Crippen molar-refractivity contribution >= 4 is 22.2 Å². The maximum Gasteiger partial charge on any atom is 0.0838 e. The van der Waals surface area contributed by atoms with E-state index in [4.69, 9.17) is 0 Å². The highest BCUT2D eigenvalue weighted by molar-refractivity contribution is 7.07. The lowest BCUT2D eigenvalue weighted by atomic mass is 10.0. The Morgan fingerprint density at radius 3 is 2.89 bits per heavy atom. The van der Waals surface area contributed by atoms with Crippen LogP contribution in [-0.2, 0) is 6.42 Å². The fraction of sp³-hybridized carbons (Fsp3) is 0.133. The number of pyridine rings is 1. The Balaban J connectivity index is 1.95. The number of nitrogens with zero attached hydrogens (tertiary/aromatic N) is 1. The van der Waals surface area contributed by atoms with Gasteiger partial charge in [-0.15, -0.1) is 0 Å². The summed E-state index contributed by atoms with van der Waals surface area (Å²) < 4.78 is 0. The molecule has 18 heavy (non-hydrogen) atoms. The fourth-order valence-electron chi connectivity index (χ4n) is 2.12. The molecule has 1 aromatic carbocycles. The number of thiophene rings is 1. The highest BCUT2D eigenvalue weighted by atomic mass is 32.1. The molecule has 2 heterocycles. The molecule has 0 saturated carbocycles. The fourth-order valence-corrected chi connectivity index (χ4v) is 2.83. The number of aliphatic hydroxyl groups is 1. The molecule has 0 aliphatic heterocycles. The van der Waals surface area contributed by atoms with Crippen molar-refractivity contribution in [3.63, 3.8) is 0 Å². The molecule has 0 bridgehead atoms. The first kappa shape index (κ1) is 11.4. The Bertz CT molecular complexity index is 643. The van der Waals surface area contributed by atoms with E-state index in [1.165, 1.54) is 0 Å². The van der Waals surface area contributed by atoms with E-state index in [0.29, 0.717) is 6.42 Å². The minimum absolute atomic E-state index is 0.443. The number of rotatable bonds is 3. The molecule has 90 valence electrons. The van der Waals surface area contributed by atoms with Gasteiger partial charge in [-0.05, 0) is 40.1 Å². The van der Waals surface area contributed by atoms with Crippen LogP contribution in [-0.4, -0.2) is 10.1 Å². The van der Waals surface area contributed by atoms with Gasteiger partial charge in [-0.3, -0.25) is 4.98 Å². The summed E-state index contributed by atoms with van der Waals surface area (Å²) in [6, 6.07) is 12.0. The molecule has 0 fully saturated rings. The third kappa shape index (κ3) is 2.15. The maximum atomic E-state index is 10.2. The summed E-state index contributed by atoms with van der Waals surface area (Å²) in [5, 5.41) is 15.3. The van der Waals surface area contributed by atoms with Gasteiger partial charge in [0.25, 0.3) is 0 Å². The Morgan fingerprint density at radius 1 is 1.17 bits per heavy atom. The average molecular weight is 255 g/mol. The minimum Gasteiger partial charge on any atom is -0.388 e. The summed E-state index contributed by atoms with van der Waals surface area (Å²) >= 11 is 1.61. The number of fused-ring (bicyclic) bond motifs is 1. The van der Waals surface area contributed by atoms with Crippen molar-refractivity contribution in [1.82, 2.24) is 4.98 Å². The summed E-state index contributed by atoms with van der Waals surface area (Å²) in [5.74, 6) is 0. The van der Waals surface area contributed by atoms with Crippen molar-refractivity contribution < 1.29 is 5.11 Å². The highest BCUT2D eigenvalue weighted by Crippen LogP contribution is 2.24. The summed E-state index contributed by atoms with van der Waals surface area (Å²) in [5.41, 5.74) is 3.10. The zero-order valence-corrected chi connectivity index (χ0v) is 10.6. The van der Waals surface area contributed by atoms with E-state index in [1.54, 1.807) is 17.5 Å². The second-order valence-corrected chi connectivity index (χ2v) is 5.04. The maximum absolute atomic E-state index is 10.2. The van der Waals surface area contributed by atoms with Crippen LogP contribution in [0.15, 0.2) is 53.4 Å². The van der Waals surface area contributed by atoms with Gasteiger partial charge in [0.15, 0.2) is 0 Å². The summed E-state index contributed by atoms with van der Waals surface area (Å²) in [6.07, 6.45) is 1.99. The van der Waals surface area contributed by atoms with Crippen LogP contribution < -0.4 is 0 Å². The average Bonchev–Trinajstić information content (AvgIpc) is 2.93. The number of hydrogen-bond donors (Lipinski definition) is 1. The number of benzene rings is 1. The van der Waals surface area contributed by atoms with Gasteiger partial charge in [-0.25, -0.2) is 0 Å². The number of para-hydroxylation sites is 1. The zero-order chi connectivity index (χ0) is 12.4. The van der Waals surface area contributed by atoms with E-state index in [9.17, 15) is 5.11 Å². The largest absolute Gasteiger partial charge is 0.388 e. The lowest BCUT2D eigenvalue weighted by Crippen LogP contribution is -2.01. The van der Waals surface area contributed by atoms with Crippen molar-refractivity contribution in [3.05, 3.63) is 64.5 Å². The zero-order valence-electron chi connectivity index (χ0n) is 9.78. The molecule has 0 aliphatic carbocycles. The van der Waals surface area contributed by atoms with Gasteiger partial charge < -0.3 is 5.11 Å². The van der Waals surface area contributed by atoms with Crippen molar-refractivity contribution in [2.75, 3.05) is 0 Å². The Morgan fingerprint density at radius 2 is 2.06 bits per heavy atom. The van der Waals surface area contributed by atoms with E-state index in [2.05, 4.69) is 11.1 Å². The molecule has 0 spiro atoms. The molecule has 3 rings (SSSR count). The van der Waals surface area contributed by atoms with Gasteiger partial charge >= 0.3 is 0 Å². The van der Waals surface area contributed by atoms with Crippen LogP contribution in [0.5, 0.6) is 0 Å². The Labute approximate surface area is 110 Å². The molecule has 2 nitrogen and oxygen atoms in total. The van der Waals surface area contributed by atoms with Gasteiger partial charge in [0, 0.05) is 18.0 Å². The first-order valence-electron chi connectivity index (χ1n) is 5.87. The van der Waals surface area contributed by atoms with Crippen molar-refractivity contribution in [2.24, 2.45) is 0 Å². The topological polar surface area (TPSA) is 33.1 Å². The van der Waals surface area contributed by atoms with Crippen LogP contribution >= 0.6 is 11.3 Å². The molecule has 3 aromatic rings. The van der Waals surface area contributed by atoms with Gasteiger partial charge in [-0.1, -0.05) is 18.2 Å². The van der Waals surface area contributed by atoms with E-state index in [1.807, 2.05) is 41.1 Å². The van der Waals surface area contributed by atoms with E-state index in [0.717, 1.165) is 22.0 Å². The van der Waals surface area contributed by atoms with Crippen LogP contribution in [0.25, 0.3) is 10.9 Å². The second-order valence-electron chi connectivity index (χ2n) is 4.26. The standard InChI is InChI=1S/C15H13NOS/c17-15(12-6-8-18-10-12)9-11-5-7-16-14-4-2-1-3-13(11)14/h1-8,10,15,17H,9H2. The van der Waals surface area contributed by atoms with Crippen LogP contribution in [0, 0.1) is 0 Å². The molecule has 0 aliphatic rings. The number of aliphatic hydroxyl groups excluding tert-OH is 1. The molecule has 0 saturated heterocycles. The van der Waals surface area contributed by atoms with Crippen molar-refractivity contribution in [2.45, 2.75) is 12.5 Å². The minimum atomic E-state index is -0.443. The summed E-state index contributed by atoms with van der Waals surface area (Å²) in [4.78, 5) is 4.33. The van der Waals surface area contributed by atoms with E-state index < -0.39 is 6.10 Å². The van der Waals surface area contributed by atoms with E-state index >= 15 is 0 Å². The normalized spacial score (nSPS) is 12.7. The molecular weight excluding hydrogens is 242 g/mol. The summed E-state index contributed by atoms with van der Waals surface area (Å²) in [7, 11) is 0. The van der Waals surface area contributed by atoms with Crippen molar-refractivity contribution in [3.8, 4) is 0 Å². The van der Waals surface area contributed by atoms with Gasteiger partial charge in [0.2, 0.25) is 0 Å². The second kappa shape index (κ2) is 4.88. The third-order valence-corrected chi connectivity index (χ3v) is 3.78. The predicted molar refractivity (Wildman–Crippen MR) is 74.7 cm³/mol. The molecule has 3 heteroatoms. The van der Waals surface area contributed by atoms with Crippen LogP contribution in [0.4, 0.5) is 0 Å². The molecular formula is C15H13NOS. The quantitative estimate of drug-likeness (QED) is 0.776. The van der Waals surface area contributed by atoms with Gasteiger partial charge in [-0.2, -0.15) is 11.3 Å². The monoisotopic (exact) mass is 255 g/mol. The predicted octanol–water partition coefficient (Wildman–Crippen LogP) is 3.57. The van der Waals surface area contributed by atoms with E-state index in [-0.39, 0.29) is 0 Å². The SMILES string of the molecule is OC(Cc1ccnc2ccccc12)c1ccsc1. The first-order chi connectivity index (χ1) is 8.84. The van der Waals surface area contributed by atoms with Gasteiger partial charge in [0.1, 0.15) is 0 Å². The number of aromatic nitrogens is 1. The molecule has 1 unspecified atom stereocenters. The molecule has 1 N–H and O–H groups in total. The molecule has 1 atom stereocenters. The van der Waals surface area contributed by atoms with Crippen LogP contribution in [0.1, 0.15) is 17.2 Å². The smallest absolute Gasteiger partial charge is 0.0838 e. The number of hydrogen-bond acceptors (Lipinski definition) is 3. The highest BCUT2D eigenvalue weighted by Gasteiger charge is 2.11. The van der Waals surface area contributed by atoms with Crippen LogP contribution in [0.3, 0.4) is 0 Å². The lowest BCUT2D eigenvalue weighted by Gasteiger charge is -2.11. The first-order valence-corrected chi connectivity index (χ1v) is 6.81. The molecule has 0 amide bonds. The summed E-state index contributed by atoms with van der Waals surface area (Å²) in [6.45, 7) is 0. The molecule has 0 radical (unpaired) electrons. The van der Waals surface area contributed by atoms with Crippen molar-refractivity contribution in [1.29, 1.82) is 0 Å². The molecule has 2 aromatic heterocycles. The van der Waals surface area contributed by atoms with Crippen LogP contribution in [0.2, 0.25) is 0 Å². The van der Waals surface area contributed by atoms with Gasteiger partial charge in [0.05, 0.1) is 11.6 Å².